The summed E-state index contributed by atoms with van der Waals surface area (Å²) < 4.78 is 0. The van der Waals surface area contributed by atoms with E-state index in [1.807, 2.05) is 12.4 Å². The molecular formula is C18H32N2. The second-order valence-corrected chi connectivity index (χ2v) is 6.02. The Morgan fingerprint density at radius 1 is 0.950 bits per heavy atom. The van der Waals surface area contributed by atoms with Gasteiger partial charge in [0.15, 0.2) is 0 Å². The van der Waals surface area contributed by atoms with Crippen molar-refractivity contribution in [2.75, 3.05) is 0 Å². The summed E-state index contributed by atoms with van der Waals surface area (Å²) in [4.78, 5) is 4.22. The van der Waals surface area contributed by atoms with Crippen molar-refractivity contribution in [2.45, 2.75) is 84.1 Å². The number of pyridine rings is 1. The largest absolute Gasteiger partial charge is 0.324 e. The number of aromatic nitrogens is 1. The van der Waals surface area contributed by atoms with Crippen LogP contribution in [0.5, 0.6) is 0 Å². The van der Waals surface area contributed by atoms with Crippen LogP contribution in [0.3, 0.4) is 0 Å². The molecule has 0 saturated carbocycles. The second-order valence-electron chi connectivity index (χ2n) is 6.02. The van der Waals surface area contributed by atoms with E-state index >= 15 is 0 Å². The molecule has 0 radical (unpaired) electrons. The third kappa shape index (κ3) is 7.64. The Hall–Kier alpha value is -0.890. The number of hydrogen-bond donors (Lipinski definition) is 1. The molecule has 1 aromatic rings. The van der Waals surface area contributed by atoms with E-state index in [1.165, 1.54) is 68.9 Å². The molecule has 0 aromatic carbocycles. The Balaban J connectivity index is 2.01. The van der Waals surface area contributed by atoms with Crippen LogP contribution in [-0.4, -0.2) is 4.98 Å². The number of hydrogen-bond acceptors (Lipinski definition) is 2. The van der Waals surface area contributed by atoms with E-state index in [4.69, 9.17) is 5.73 Å². The molecule has 1 heterocycles. The van der Waals surface area contributed by atoms with Gasteiger partial charge in [-0.05, 0) is 24.5 Å². The molecule has 0 fully saturated rings. The molecule has 0 amide bonds. The number of rotatable bonds is 11. The first-order chi connectivity index (χ1) is 9.74. The van der Waals surface area contributed by atoms with Gasteiger partial charge in [-0.2, -0.15) is 0 Å². The maximum absolute atomic E-state index is 6.22. The molecule has 0 saturated heterocycles. The third-order valence-electron chi connectivity index (χ3n) is 3.94. The van der Waals surface area contributed by atoms with Crippen LogP contribution in [0.25, 0.3) is 0 Å². The van der Waals surface area contributed by atoms with Crippen LogP contribution in [0.2, 0.25) is 0 Å². The van der Waals surface area contributed by atoms with Crippen molar-refractivity contribution in [1.29, 1.82) is 0 Å². The first kappa shape index (κ1) is 17.2. The van der Waals surface area contributed by atoms with Gasteiger partial charge < -0.3 is 5.73 Å². The maximum atomic E-state index is 6.22. The molecule has 1 rings (SSSR count). The molecule has 1 unspecified atom stereocenters. The Bertz CT molecular complexity index is 349. The molecule has 0 spiro atoms. The van der Waals surface area contributed by atoms with Gasteiger partial charge >= 0.3 is 0 Å². The predicted octanol–water partition coefficient (Wildman–Crippen LogP) is 5.31. The van der Waals surface area contributed by atoms with Gasteiger partial charge in [0.05, 0.1) is 0 Å². The average molecular weight is 276 g/mol. The van der Waals surface area contributed by atoms with Crippen molar-refractivity contribution in [2.24, 2.45) is 5.73 Å². The average Bonchev–Trinajstić information content (AvgIpc) is 2.45. The van der Waals surface area contributed by atoms with Gasteiger partial charge in [-0.25, -0.2) is 0 Å². The van der Waals surface area contributed by atoms with Crippen LogP contribution in [0, 0.1) is 6.92 Å². The lowest BCUT2D eigenvalue weighted by Gasteiger charge is -2.12. The topological polar surface area (TPSA) is 38.9 Å². The molecule has 114 valence electrons. The predicted molar refractivity (Wildman–Crippen MR) is 87.7 cm³/mol. The molecule has 1 aromatic heterocycles. The zero-order chi connectivity index (χ0) is 14.6. The SMILES string of the molecule is CCCCCCCCCCCC(N)c1cncc(C)c1. The van der Waals surface area contributed by atoms with Crippen LogP contribution < -0.4 is 5.73 Å². The summed E-state index contributed by atoms with van der Waals surface area (Å²) in [7, 11) is 0. The quantitative estimate of drug-likeness (QED) is 0.556. The first-order valence-electron chi connectivity index (χ1n) is 8.41. The van der Waals surface area contributed by atoms with Crippen LogP contribution >= 0.6 is 0 Å². The van der Waals surface area contributed by atoms with Crippen molar-refractivity contribution < 1.29 is 0 Å². The molecule has 20 heavy (non-hydrogen) atoms. The van der Waals surface area contributed by atoms with Gasteiger partial charge in [0.2, 0.25) is 0 Å². The lowest BCUT2D eigenvalue weighted by Crippen LogP contribution is -2.10. The van der Waals surface area contributed by atoms with E-state index < -0.39 is 0 Å². The molecule has 2 nitrogen and oxygen atoms in total. The summed E-state index contributed by atoms with van der Waals surface area (Å²) >= 11 is 0. The van der Waals surface area contributed by atoms with Crippen molar-refractivity contribution in [3.05, 3.63) is 29.6 Å². The fraction of sp³-hybridized carbons (Fsp3) is 0.722. The standard InChI is InChI=1S/C18H32N2/c1-3-4-5-6-7-8-9-10-11-12-18(19)17-13-16(2)14-20-15-17/h13-15,18H,3-12,19H2,1-2H3. The molecule has 0 aliphatic heterocycles. The van der Waals surface area contributed by atoms with E-state index in [-0.39, 0.29) is 6.04 Å². The van der Waals surface area contributed by atoms with Crippen molar-refractivity contribution in [3.8, 4) is 0 Å². The molecule has 2 heteroatoms. The number of unbranched alkanes of at least 4 members (excludes halogenated alkanes) is 8. The second kappa shape index (κ2) is 10.8. The van der Waals surface area contributed by atoms with Crippen LogP contribution in [-0.2, 0) is 0 Å². The summed E-state index contributed by atoms with van der Waals surface area (Å²) in [5, 5.41) is 0. The third-order valence-corrected chi connectivity index (χ3v) is 3.94. The van der Waals surface area contributed by atoms with Gasteiger partial charge in [0.25, 0.3) is 0 Å². The summed E-state index contributed by atoms with van der Waals surface area (Å²) in [6, 6.07) is 2.32. The zero-order valence-electron chi connectivity index (χ0n) is 13.4. The smallest absolute Gasteiger partial charge is 0.0315 e. The molecule has 0 bridgehead atoms. The Kier molecular flexibility index (Phi) is 9.31. The van der Waals surface area contributed by atoms with Gasteiger partial charge in [-0.1, -0.05) is 70.8 Å². The molecule has 2 N–H and O–H groups in total. The van der Waals surface area contributed by atoms with Crippen LogP contribution in [0.4, 0.5) is 0 Å². The van der Waals surface area contributed by atoms with E-state index in [2.05, 4.69) is 24.9 Å². The highest BCUT2D eigenvalue weighted by Gasteiger charge is 2.06. The molecular weight excluding hydrogens is 244 g/mol. The fourth-order valence-corrected chi connectivity index (χ4v) is 2.62. The van der Waals surface area contributed by atoms with Crippen LogP contribution in [0.15, 0.2) is 18.5 Å². The van der Waals surface area contributed by atoms with Crippen molar-refractivity contribution in [3.63, 3.8) is 0 Å². The fourth-order valence-electron chi connectivity index (χ4n) is 2.62. The van der Waals surface area contributed by atoms with Crippen molar-refractivity contribution in [1.82, 2.24) is 4.98 Å². The maximum Gasteiger partial charge on any atom is 0.0315 e. The highest BCUT2D eigenvalue weighted by molar-refractivity contribution is 5.19. The van der Waals surface area contributed by atoms with Gasteiger partial charge in [0, 0.05) is 18.4 Å². The van der Waals surface area contributed by atoms with E-state index in [0.717, 1.165) is 6.42 Å². The lowest BCUT2D eigenvalue weighted by molar-refractivity contribution is 0.532. The molecule has 1 atom stereocenters. The Morgan fingerprint density at radius 3 is 2.15 bits per heavy atom. The van der Waals surface area contributed by atoms with E-state index in [9.17, 15) is 0 Å². The lowest BCUT2D eigenvalue weighted by atomic mass is 10.0. The van der Waals surface area contributed by atoms with Gasteiger partial charge in [-0.15, -0.1) is 0 Å². The number of aryl methyl sites for hydroxylation is 1. The zero-order valence-corrected chi connectivity index (χ0v) is 13.4. The molecule has 0 aliphatic carbocycles. The highest BCUT2D eigenvalue weighted by Crippen LogP contribution is 2.18. The van der Waals surface area contributed by atoms with E-state index in [1.54, 1.807) is 0 Å². The number of nitrogens with two attached hydrogens (primary N) is 1. The first-order valence-corrected chi connectivity index (χ1v) is 8.41. The number of nitrogens with zero attached hydrogens (tertiary/aromatic N) is 1. The van der Waals surface area contributed by atoms with Crippen LogP contribution in [0.1, 0.15) is 88.3 Å². The van der Waals surface area contributed by atoms with E-state index in [0.29, 0.717) is 0 Å². The summed E-state index contributed by atoms with van der Waals surface area (Å²) in [5.41, 5.74) is 8.60. The van der Waals surface area contributed by atoms with Gasteiger partial charge in [-0.3, -0.25) is 4.98 Å². The normalized spacial score (nSPS) is 12.6. The van der Waals surface area contributed by atoms with Crippen molar-refractivity contribution >= 4 is 0 Å². The summed E-state index contributed by atoms with van der Waals surface area (Å²) in [6.07, 6.45) is 17.2. The summed E-state index contributed by atoms with van der Waals surface area (Å²) in [5.74, 6) is 0. The monoisotopic (exact) mass is 276 g/mol. The highest BCUT2D eigenvalue weighted by atomic mass is 14.7. The minimum absolute atomic E-state index is 0.159. The molecule has 0 aliphatic rings. The Labute approximate surface area is 125 Å². The Morgan fingerprint density at radius 2 is 1.55 bits per heavy atom. The minimum atomic E-state index is 0.159. The summed E-state index contributed by atoms with van der Waals surface area (Å²) in [6.45, 7) is 4.34. The van der Waals surface area contributed by atoms with Gasteiger partial charge in [0.1, 0.15) is 0 Å². The minimum Gasteiger partial charge on any atom is -0.324 e.